The molecule has 0 saturated carbocycles. The largest absolute Gasteiger partial charge is 0.454 e. The number of nitrogens with one attached hydrogen (secondary N) is 2. The highest BCUT2D eigenvalue weighted by Gasteiger charge is 2.34. The summed E-state index contributed by atoms with van der Waals surface area (Å²) in [6, 6.07) is 4.90. The number of amides is 1. The Bertz CT molecular complexity index is 902. The van der Waals surface area contributed by atoms with Crippen molar-refractivity contribution < 1.29 is 31.8 Å². The maximum absolute atomic E-state index is 14.1. The summed E-state index contributed by atoms with van der Waals surface area (Å²) >= 11 is 0. The second-order valence-corrected chi connectivity index (χ2v) is 6.51. The standard InChI is InChI=1S/C17H16F4N4O3/c1-16(2,15(26)23-7-17(19,20)21)25-14-10(18)6-22-13(24-14)9-3-4-11-12(5-9)28-8-27-11/h3-6H,7-8H2,1-2H3,(H,23,26)(H,22,24,25). The number of rotatable bonds is 5. The highest BCUT2D eigenvalue weighted by molar-refractivity contribution is 5.88. The third-order valence-electron chi connectivity index (χ3n) is 3.82. The molecule has 0 atom stereocenters. The second kappa shape index (κ2) is 7.13. The first kappa shape index (κ1) is 19.6. The molecule has 3 rings (SSSR count). The molecule has 0 spiro atoms. The van der Waals surface area contributed by atoms with Crippen LogP contribution in [-0.4, -0.2) is 40.9 Å². The van der Waals surface area contributed by atoms with Gasteiger partial charge in [0.1, 0.15) is 12.1 Å². The summed E-state index contributed by atoms with van der Waals surface area (Å²) in [6.45, 7) is 1.20. The predicted molar refractivity (Wildman–Crippen MR) is 90.3 cm³/mol. The van der Waals surface area contributed by atoms with Crippen LogP contribution in [0.1, 0.15) is 13.8 Å². The summed E-state index contributed by atoms with van der Waals surface area (Å²) < 4.78 is 61.5. The van der Waals surface area contributed by atoms with Gasteiger partial charge in [-0.3, -0.25) is 4.79 Å². The van der Waals surface area contributed by atoms with Crippen LogP contribution in [0.15, 0.2) is 24.4 Å². The summed E-state index contributed by atoms with van der Waals surface area (Å²) in [6.07, 6.45) is -3.66. The molecule has 1 amide bonds. The van der Waals surface area contributed by atoms with Crippen LogP contribution >= 0.6 is 0 Å². The van der Waals surface area contributed by atoms with Crippen LogP contribution in [-0.2, 0) is 4.79 Å². The number of fused-ring (bicyclic) bond motifs is 1. The molecule has 7 nitrogen and oxygen atoms in total. The molecule has 1 aliphatic heterocycles. The molecular formula is C17H16F4N4O3. The molecule has 1 aromatic carbocycles. The van der Waals surface area contributed by atoms with Crippen LogP contribution in [0.5, 0.6) is 11.5 Å². The van der Waals surface area contributed by atoms with Gasteiger partial charge in [-0.2, -0.15) is 13.2 Å². The number of alkyl halides is 3. The lowest BCUT2D eigenvalue weighted by Gasteiger charge is -2.26. The highest BCUT2D eigenvalue weighted by atomic mass is 19.4. The number of carbonyl (C=O) groups excluding carboxylic acids is 1. The van der Waals surface area contributed by atoms with Crippen molar-refractivity contribution in [3.63, 3.8) is 0 Å². The van der Waals surface area contributed by atoms with Crippen LogP contribution in [0.4, 0.5) is 23.4 Å². The molecule has 1 aromatic heterocycles. The van der Waals surface area contributed by atoms with E-state index < -0.39 is 30.0 Å². The lowest BCUT2D eigenvalue weighted by molar-refractivity contribution is -0.140. The number of halogens is 4. The summed E-state index contributed by atoms with van der Waals surface area (Å²) in [5.74, 6) is -0.990. The van der Waals surface area contributed by atoms with Crippen molar-refractivity contribution in [1.29, 1.82) is 0 Å². The van der Waals surface area contributed by atoms with Crippen molar-refractivity contribution in [2.45, 2.75) is 25.6 Å². The highest BCUT2D eigenvalue weighted by Crippen LogP contribution is 2.35. The van der Waals surface area contributed by atoms with Crippen LogP contribution in [0.3, 0.4) is 0 Å². The molecule has 150 valence electrons. The average molecular weight is 400 g/mol. The Morgan fingerprint density at radius 1 is 1.21 bits per heavy atom. The minimum Gasteiger partial charge on any atom is -0.454 e. The molecule has 28 heavy (non-hydrogen) atoms. The summed E-state index contributed by atoms with van der Waals surface area (Å²) in [7, 11) is 0. The number of aromatic nitrogens is 2. The second-order valence-electron chi connectivity index (χ2n) is 6.51. The molecule has 0 radical (unpaired) electrons. The number of carbonyl (C=O) groups is 1. The van der Waals surface area contributed by atoms with E-state index in [1.54, 1.807) is 23.5 Å². The fraction of sp³-hybridized carbons (Fsp3) is 0.353. The fourth-order valence-electron chi connectivity index (χ4n) is 2.38. The van der Waals surface area contributed by atoms with E-state index in [2.05, 4.69) is 15.3 Å². The van der Waals surface area contributed by atoms with E-state index in [1.807, 2.05) is 0 Å². The van der Waals surface area contributed by atoms with Crippen molar-refractivity contribution in [3.05, 3.63) is 30.2 Å². The Balaban J connectivity index is 1.80. The van der Waals surface area contributed by atoms with E-state index in [0.29, 0.717) is 17.1 Å². The molecule has 0 unspecified atom stereocenters. The number of ether oxygens (including phenoxy) is 2. The molecular weight excluding hydrogens is 384 g/mol. The van der Waals surface area contributed by atoms with E-state index in [0.717, 1.165) is 6.20 Å². The van der Waals surface area contributed by atoms with Gasteiger partial charge in [-0.15, -0.1) is 0 Å². The first-order valence-corrected chi connectivity index (χ1v) is 8.11. The van der Waals surface area contributed by atoms with E-state index in [-0.39, 0.29) is 18.4 Å². The van der Waals surface area contributed by atoms with Crippen LogP contribution < -0.4 is 20.1 Å². The average Bonchev–Trinajstić information content (AvgIpc) is 3.08. The Kier molecular flexibility index (Phi) is 5.01. The zero-order valence-electron chi connectivity index (χ0n) is 14.9. The third kappa shape index (κ3) is 4.41. The van der Waals surface area contributed by atoms with E-state index >= 15 is 0 Å². The molecule has 0 saturated heterocycles. The quantitative estimate of drug-likeness (QED) is 0.751. The zero-order valence-corrected chi connectivity index (χ0v) is 14.9. The molecule has 0 fully saturated rings. The van der Waals surface area contributed by atoms with Gasteiger partial charge >= 0.3 is 6.18 Å². The SMILES string of the molecule is CC(C)(Nc1nc(-c2ccc3c(c2)OCO3)ncc1F)C(=O)NCC(F)(F)F. The Labute approximate surface area is 157 Å². The van der Waals surface area contributed by atoms with Crippen molar-refractivity contribution in [2.75, 3.05) is 18.7 Å². The van der Waals surface area contributed by atoms with Gasteiger partial charge in [0.15, 0.2) is 29.0 Å². The summed E-state index contributed by atoms with van der Waals surface area (Å²) in [4.78, 5) is 20.0. The zero-order chi connectivity index (χ0) is 20.5. The summed E-state index contributed by atoms with van der Waals surface area (Å²) in [5.41, 5.74) is -1.06. The van der Waals surface area contributed by atoms with Gasteiger partial charge in [-0.1, -0.05) is 0 Å². The first-order chi connectivity index (χ1) is 13.0. The Hall–Kier alpha value is -3.11. The molecule has 0 bridgehead atoms. The van der Waals surface area contributed by atoms with Gasteiger partial charge < -0.3 is 20.1 Å². The topological polar surface area (TPSA) is 85.4 Å². The lowest BCUT2D eigenvalue weighted by atomic mass is 10.0. The molecule has 2 heterocycles. The summed E-state index contributed by atoms with van der Waals surface area (Å²) in [5, 5.41) is 4.28. The van der Waals surface area contributed by atoms with Gasteiger partial charge in [0.2, 0.25) is 12.7 Å². The normalized spacial score (nSPS) is 13.4. The number of hydrogen-bond acceptors (Lipinski definition) is 6. The number of anilines is 1. The number of nitrogens with zero attached hydrogens (tertiary/aromatic N) is 2. The number of hydrogen-bond donors (Lipinski definition) is 2. The number of benzene rings is 1. The maximum Gasteiger partial charge on any atom is 0.405 e. The lowest BCUT2D eigenvalue weighted by Crippen LogP contribution is -2.50. The van der Waals surface area contributed by atoms with Gasteiger partial charge in [0.05, 0.1) is 6.20 Å². The van der Waals surface area contributed by atoms with Crippen LogP contribution in [0, 0.1) is 5.82 Å². The van der Waals surface area contributed by atoms with Crippen LogP contribution in [0.2, 0.25) is 0 Å². The molecule has 1 aliphatic rings. The van der Waals surface area contributed by atoms with Gasteiger partial charge in [0.25, 0.3) is 0 Å². The minimum atomic E-state index is -4.56. The third-order valence-corrected chi connectivity index (χ3v) is 3.82. The van der Waals surface area contributed by atoms with Crippen LogP contribution in [0.25, 0.3) is 11.4 Å². The van der Waals surface area contributed by atoms with Crippen molar-refractivity contribution in [2.24, 2.45) is 0 Å². The monoisotopic (exact) mass is 400 g/mol. The Morgan fingerprint density at radius 2 is 1.93 bits per heavy atom. The fourth-order valence-corrected chi connectivity index (χ4v) is 2.38. The van der Waals surface area contributed by atoms with E-state index in [1.165, 1.54) is 13.8 Å². The first-order valence-electron chi connectivity index (χ1n) is 8.11. The molecule has 11 heteroatoms. The van der Waals surface area contributed by atoms with Gasteiger partial charge in [-0.25, -0.2) is 14.4 Å². The predicted octanol–water partition coefficient (Wildman–Crippen LogP) is 2.88. The van der Waals surface area contributed by atoms with Gasteiger partial charge in [-0.05, 0) is 32.0 Å². The van der Waals surface area contributed by atoms with Crippen molar-refractivity contribution >= 4 is 11.7 Å². The molecule has 2 N–H and O–H groups in total. The van der Waals surface area contributed by atoms with Crippen molar-refractivity contribution in [3.8, 4) is 22.9 Å². The molecule has 0 aliphatic carbocycles. The molecule has 2 aromatic rings. The maximum atomic E-state index is 14.1. The smallest absolute Gasteiger partial charge is 0.405 e. The van der Waals surface area contributed by atoms with E-state index in [9.17, 15) is 22.4 Å². The minimum absolute atomic E-state index is 0.0805. The van der Waals surface area contributed by atoms with Crippen molar-refractivity contribution in [1.82, 2.24) is 15.3 Å². The Morgan fingerprint density at radius 3 is 2.64 bits per heavy atom. The van der Waals surface area contributed by atoms with Gasteiger partial charge in [0, 0.05) is 5.56 Å². The van der Waals surface area contributed by atoms with E-state index in [4.69, 9.17) is 9.47 Å².